The molecule has 3 aromatic rings. The van der Waals surface area contributed by atoms with Crippen molar-refractivity contribution >= 4 is 17.0 Å². The van der Waals surface area contributed by atoms with E-state index in [-0.39, 0.29) is 11.4 Å². The van der Waals surface area contributed by atoms with Gasteiger partial charge in [-0.2, -0.15) is 0 Å². The molecule has 21 heavy (non-hydrogen) atoms. The molecule has 0 aliphatic heterocycles. The molecule has 106 valence electrons. The molecule has 1 atom stereocenters. The molecular weight excluding hydrogens is 273 g/mol. The van der Waals surface area contributed by atoms with Crippen LogP contribution in [0.2, 0.25) is 0 Å². The number of nitrogens with zero attached hydrogens (tertiary/aromatic N) is 3. The quantitative estimate of drug-likeness (QED) is 0.803. The zero-order valence-corrected chi connectivity index (χ0v) is 11.2. The zero-order valence-electron chi connectivity index (χ0n) is 11.2. The van der Waals surface area contributed by atoms with Gasteiger partial charge in [0.15, 0.2) is 0 Å². The maximum absolute atomic E-state index is 13.9. The number of para-hydroxylation sites is 1. The van der Waals surface area contributed by atoms with Gasteiger partial charge < -0.3 is 5.11 Å². The topological polar surface area (TPSA) is 68.0 Å². The molecule has 0 spiro atoms. The third-order valence-electron chi connectivity index (χ3n) is 3.45. The number of aromatic nitrogens is 3. The van der Waals surface area contributed by atoms with E-state index in [0.29, 0.717) is 16.6 Å². The SMILES string of the molecule is CC(c1ccccc1F)n1nnc2cccc(C(=O)O)c21. The summed E-state index contributed by atoms with van der Waals surface area (Å²) in [5.74, 6) is -1.42. The summed E-state index contributed by atoms with van der Waals surface area (Å²) < 4.78 is 15.4. The van der Waals surface area contributed by atoms with Crippen LogP contribution in [0.25, 0.3) is 11.0 Å². The molecule has 0 fully saturated rings. The van der Waals surface area contributed by atoms with E-state index in [4.69, 9.17) is 0 Å². The van der Waals surface area contributed by atoms with Crippen LogP contribution in [-0.2, 0) is 0 Å². The first kappa shape index (κ1) is 13.2. The number of carboxylic acids is 1. The van der Waals surface area contributed by atoms with Crippen molar-refractivity contribution in [2.24, 2.45) is 0 Å². The van der Waals surface area contributed by atoms with Gasteiger partial charge in [-0.1, -0.05) is 29.5 Å². The van der Waals surface area contributed by atoms with Crippen LogP contribution in [0.3, 0.4) is 0 Å². The van der Waals surface area contributed by atoms with Gasteiger partial charge in [0, 0.05) is 5.56 Å². The molecule has 0 aliphatic rings. The first-order chi connectivity index (χ1) is 10.1. The number of hydrogen-bond donors (Lipinski definition) is 1. The summed E-state index contributed by atoms with van der Waals surface area (Å²) in [6.45, 7) is 1.76. The van der Waals surface area contributed by atoms with Crippen molar-refractivity contribution in [2.75, 3.05) is 0 Å². The normalized spacial score (nSPS) is 12.5. The fourth-order valence-electron chi connectivity index (χ4n) is 2.38. The highest BCUT2D eigenvalue weighted by molar-refractivity contribution is 6.00. The summed E-state index contributed by atoms with van der Waals surface area (Å²) >= 11 is 0. The van der Waals surface area contributed by atoms with Gasteiger partial charge in [-0.3, -0.25) is 0 Å². The minimum atomic E-state index is -1.06. The lowest BCUT2D eigenvalue weighted by molar-refractivity contribution is 0.0698. The van der Waals surface area contributed by atoms with Crippen molar-refractivity contribution in [3.8, 4) is 0 Å². The summed E-state index contributed by atoms with van der Waals surface area (Å²) in [5, 5.41) is 17.2. The van der Waals surface area contributed by atoms with Crippen molar-refractivity contribution in [3.05, 3.63) is 59.4 Å². The Bertz CT molecular complexity index is 829. The lowest BCUT2D eigenvalue weighted by Gasteiger charge is -2.14. The van der Waals surface area contributed by atoms with Crippen LogP contribution in [0.1, 0.15) is 28.9 Å². The third kappa shape index (κ3) is 2.14. The average molecular weight is 285 g/mol. The highest BCUT2D eigenvalue weighted by Crippen LogP contribution is 2.25. The lowest BCUT2D eigenvalue weighted by Crippen LogP contribution is -2.12. The Morgan fingerprint density at radius 1 is 1.24 bits per heavy atom. The number of hydrogen-bond acceptors (Lipinski definition) is 3. The summed E-state index contributed by atoms with van der Waals surface area (Å²) in [5.41, 5.74) is 1.39. The van der Waals surface area contributed by atoms with Crippen LogP contribution in [0.5, 0.6) is 0 Å². The van der Waals surface area contributed by atoms with E-state index in [0.717, 1.165) is 0 Å². The number of benzene rings is 2. The molecule has 6 heteroatoms. The van der Waals surface area contributed by atoms with Crippen LogP contribution < -0.4 is 0 Å². The second-order valence-electron chi connectivity index (χ2n) is 4.71. The smallest absolute Gasteiger partial charge is 0.337 e. The second-order valence-corrected chi connectivity index (χ2v) is 4.71. The number of carbonyl (C=O) groups is 1. The maximum Gasteiger partial charge on any atom is 0.337 e. The highest BCUT2D eigenvalue weighted by atomic mass is 19.1. The van der Waals surface area contributed by atoms with Gasteiger partial charge in [0.05, 0.1) is 11.6 Å². The number of aromatic carboxylic acids is 1. The first-order valence-electron chi connectivity index (χ1n) is 6.41. The molecule has 2 aromatic carbocycles. The number of carboxylic acid groups (broad SMARTS) is 1. The first-order valence-corrected chi connectivity index (χ1v) is 6.41. The van der Waals surface area contributed by atoms with E-state index in [1.165, 1.54) is 16.8 Å². The minimum absolute atomic E-state index is 0.0979. The van der Waals surface area contributed by atoms with Crippen molar-refractivity contribution in [2.45, 2.75) is 13.0 Å². The van der Waals surface area contributed by atoms with Gasteiger partial charge in [-0.15, -0.1) is 5.10 Å². The average Bonchev–Trinajstić information content (AvgIpc) is 2.90. The molecule has 1 heterocycles. The number of halogens is 1. The van der Waals surface area contributed by atoms with Crippen LogP contribution >= 0.6 is 0 Å². The van der Waals surface area contributed by atoms with E-state index >= 15 is 0 Å². The Hall–Kier alpha value is -2.76. The molecule has 5 nitrogen and oxygen atoms in total. The summed E-state index contributed by atoms with van der Waals surface area (Å²) in [6.07, 6.45) is 0. The zero-order chi connectivity index (χ0) is 15.0. The molecule has 1 aromatic heterocycles. The monoisotopic (exact) mass is 285 g/mol. The van der Waals surface area contributed by atoms with Crippen molar-refractivity contribution < 1.29 is 14.3 Å². The van der Waals surface area contributed by atoms with E-state index in [1.54, 1.807) is 37.3 Å². The molecule has 1 unspecified atom stereocenters. The van der Waals surface area contributed by atoms with E-state index in [2.05, 4.69) is 10.3 Å². The van der Waals surface area contributed by atoms with Gasteiger partial charge >= 0.3 is 5.97 Å². The Morgan fingerprint density at radius 3 is 2.71 bits per heavy atom. The van der Waals surface area contributed by atoms with Gasteiger partial charge in [-0.25, -0.2) is 13.9 Å². The van der Waals surface area contributed by atoms with E-state index in [1.807, 2.05) is 0 Å². The summed E-state index contributed by atoms with van der Waals surface area (Å²) in [7, 11) is 0. The predicted molar refractivity (Wildman–Crippen MR) is 74.7 cm³/mol. The van der Waals surface area contributed by atoms with Gasteiger partial charge in [-0.05, 0) is 25.1 Å². The Labute approximate surface area is 119 Å². The van der Waals surface area contributed by atoms with Crippen molar-refractivity contribution in [3.63, 3.8) is 0 Å². The molecule has 1 N–H and O–H groups in total. The Balaban J connectivity index is 2.21. The largest absolute Gasteiger partial charge is 0.478 e. The fraction of sp³-hybridized carbons (Fsp3) is 0.133. The van der Waals surface area contributed by atoms with Crippen molar-refractivity contribution in [1.82, 2.24) is 15.0 Å². The lowest BCUT2D eigenvalue weighted by atomic mass is 10.1. The standard InChI is InChI=1S/C15H12FN3O2/c1-9(10-5-2-3-7-12(10)16)19-14-11(15(20)21)6-4-8-13(14)17-18-19/h2-9H,1H3,(H,20,21). The Kier molecular flexibility index (Phi) is 3.13. The maximum atomic E-state index is 13.9. The molecule has 0 saturated carbocycles. The number of fused-ring (bicyclic) bond motifs is 1. The van der Waals surface area contributed by atoms with Crippen LogP contribution in [0.4, 0.5) is 4.39 Å². The summed E-state index contributed by atoms with van der Waals surface area (Å²) in [6, 6.07) is 10.7. The van der Waals surface area contributed by atoms with Gasteiger partial charge in [0.25, 0.3) is 0 Å². The van der Waals surface area contributed by atoms with Crippen LogP contribution in [-0.4, -0.2) is 26.1 Å². The fourth-order valence-corrected chi connectivity index (χ4v) is 2.38. The number of rotatable bonds is 3. The van der Waals surface area contributed by atoms with Gasteiger partial charge in [0.2, 0.25) is 0 Å². The Morgan fingerprint density at radius 2 is 2.00 bits per heavy atom. The van der Waals surface area contributed by atoms with Gasteiger partial charge in [0.1, 0.15) is 16.9 Å². The second kappa shape index (κ2) is 4.97. The van der Waals surface area contributed by atoms with E-state index in [9.17, 15) is 14.3 Å². The van der Waals surface area contributed by atoms with Crippen LogP contribution in [0, 0.1) is 5.82 Å². The van der Waals surface area contributed by atoms with Crippen molar-refractivity contribution in [1.29, 1.82) is 0 Å². The molecule has 0 aliphatic carbocycles. The molecule has 0 bridgehead atoms. The highest BCUT2D eigenvalue weighted by Gasteiger charge is 2.20. The molecule has 0 saturated heterocycles. The summed E-state index contributed by atoms with van der Waals surface area (Å²) in [4.78, 5) is 11.3. The molecule has 0 radical (unpaired) electrons. The minimum Gasteiger partial charge on any atom is -0.478 e. The molecular formula is C15H12FN3O2. The third-order valence-corrected chi connectivity index (χ3v) is 3.45. The predicted octanol–water partition coefficient (Wildman–Crippen LogP) is 2.88. The molecule has 3 rings (SSSR count). The van der Waals surface area contributed by atoms with Crippen LogP contribution in [0.15, 0.2) is 42.5 Å². The van der Waals surface area contributed by atoms with E-state index < -0.39 is 12.0 Å². The molecule has 0 amide bonds.